The lowest BCUT2D eigenvalue weighted by Gasteiger charge is -2.35. The summed E-state index contributed by atoms with van der Waals surface area (Å²) in [4.78, 5) is 14.7. The number of piperazine rings is 1. The van der Waals surface area contributed by atoms with E-state index < -0.39 is 0 Å². The molecule has 1 aromatic heterocycles. The van der Waals surface area contributed by atoms with Crippen LogP contribution in [0.4, 0.5) is 0 Å². The predicted octanol–water partition coefficient (Wildman–Crippen LogP) is 3.89. The molecule has 2 aliphatic rings. The number of carbonyl (C=O) groups is 1. The molecule has 0 amide bonds. The number of fused-ring (bicyclic) bond motifs is 1. The number of para-hydroxylation sites is 1. The van der Waals surface area contributed by atoms with Crippen molar-refractivity contribution in [3.63, 3.8) is 0 Å². The number of rotatable bonds is 4. The van der Waals surface area contributed by atoms with Crippen LogP contribution in [-0.2, 0) is 0 Å². The molecule has 1 aliphatic heterocycles. The molecule has 1 aliphatic carbocycles. The molecule has 1 atom stereocenters. The molecule has 25 heavy (non-hydrogen) atoms. The first-order chi connectivity index (χ1) is 11.2. The Morgan fingerprint density at radius 2 is 1.88 bits per heavy atom. The number of nitrogens with zero attached hydrogens (tertiary/aromatic N) is 2. The minimum atomic E-state index is 0. The van der Waals surface area contributed by atoms with Crippen LogP contribution < -0.4 is 5.32 Å². The highest BCUT2D eigenvalue weighted by molar-refractivity contribution is 5.93. The number of nitrogens with one attached hydrogen (secondary N) is 1. The number of halogens is 2. The molecule has 4 nitrogen and oxygen atoms in total. The van der Waals surface area contributed by atoms with Gasteiger partial charge in [0.1, 0.15) is 0 Å². The fourth-order valence-corrected chi connectivity index (χ4v) is 3.87. The molecule has 0 radical (unpaired) electrons. The second-order valence-corrected chi connectivity index (χ2v) is 6.97. The summed E-state index contributed by atoms with van der Waals surface area (Å²) >= 11 is 0. The molecule has 2 fully saturated rings. The van der Waals surface area contributed by atoms with Crippen LogP contribution >= 0.6 is 24.8 Å². The van der Waals surface area contributed by atoms with Crippen LogP contribution in [0.2, 0.25) is 0 Å². The normalized spacial score (nSPS) is 19.1. The van der Waals surface area contributed by atoms with E-state index >= 15 is 0 Å². The molecule has 1 saturated heterocycles. The van der Waals surface area contributed by atoms with Crippen molar-refractivity contribution in [1.82, 2.24) is 14.8 Å². The maximum atomic E-state index is 12.0. The van der Waals surface area contributed by atoms with Crippen molar-refractivity contribution < 1.29 is 4.79 Å². The highest BCUT2D eigenvalue weighted by Crippen LogP contribution is 2.42. The summed E-state index contributed by atoms with van der Waals surface area (Å²) in [6.45, 7) is 5.96. The zero-order valence-electron chi connectivity index (χ0n) is 14.6. The maximum Gasteiger partial charge on any atom is 0.227 e. The van der Waals surface area contributed by atoms with E-state index in [1.165, 1.54) is 30.2 Å². The lowest BCUT2D eigenvalue weighted by Crippen LogP contribution is -2.45. The lowest BCUT2D eigenvalue weighted by atomic mass is 9.98. The number of aromatic nitrogens is 1. The van der Waals surface area contributed by atoms with Gasteiger partial charge in [0.2, 0.25) is 5.91 Å². The predicted molar refractivity (Wildman–Crippen MR) is 107 cm³/mol. The van der Waals surface area contributed by atoms with Gasteiger partial charge in [0.25, 0.3) is 0 Å². The number of carbonyl (C=O) groups excluding carboxylic acids is 1. The second-order valence-electron chi connectivity index (χ2n) is 6.97. The van der Waals surface area contributed by atoms with Gasteiger partial charge in [-0.25, -0.2) is 0 Å². The smallest absolute Gasteiger partial charge is 0.227 e. The van der Waals surface area contributed by atoms with Gasteiger partial charge in [0.15, 0.2) is 0 Å². The van der Waals surface area contributed by atoms with Crippen molar-refractivity contribution in [3.8, 4) is 0 Å². The number of benzene rings is 1. The van der Waals surface area contributed by atoms with Gasteiger partial charge in [-0.05, 0) is 24.0 Å². The minimum absolute atomic E-state index is 0. The van der Waals surface area contributed by atoms with Crippen LogP contribution in [-0.4, -0.2) is 41.6 Å². The van der Waals surface area contributed by atoms with Gasteiger partial charge < -0.3 is 5.32 Å². The standard InChI is InChI=1S/C19H25N3O.2ClH/c1-14(23)22-13-17(16-4-2-3-5-18(16)22)19(12-15-6-7-15)21-10-8-20-9-11-21;;/h2-5,13,15,19-20H,6-12H2,1H3;2*1H/t19-;;/m0../s1. The summed E-state index contributed by atoms with van der Waals surface area (Å²) in [5.41, 5.74) is 2.38. The van der Waals surface area contributed by atoms with Crippen LogP contribution in [0.3, 0.4) is 0 Å². The summed E-state index contributed by atoms with van der Waals surface area (Å²) in [7, 11) is 0. The van der Waals surface area contributed by atoms with Gasteiger partial charge in [0.05, 0.1) is 5.52 Å². The topological polar surface area (TPSA) is 37.3 Å². The fourth-order valence-electron chi connectivity index (χ4n) is 3.87. The van der Waals surface area contributed by atoms with Crippen LogP contribution in [0.5, 0.6) is 0 Å². The van der Waals surface area contributed by atoms with E-state index in [1.54, 1.807) is 6.92 Å². The maximum absolute atomic E-state index is 12.0. The van der Waals surface area contributed by atoms with E-state index in [0.717, 1.165) is 37.6 Å². The minimum Gasteiger partial charge on any atom is -0.314 e. The van der Waals surface area contributed by atoms with Gasteiger partial charge in [0, 0.05) is 50.7 Å². The molecule has 0 bridgehead atoms. The Bertz CT molecular complexity index is 721. The van der Waals surface area contributed by atoms with E-state index in [0.29, 0.717) is 6.04 Å². The third kappa shape index (κ3) is 4.20. The molecule has 0 unspecified atom stereocenters. The molecule has 6 heteroatoms. The zero-order chi connectivity index (χ0) is 15.8. The van der Waals surface area contributed by atoms with Crippen molar-refractivity contribution in [1.29, 1.82) is 0 Å². The lowest BCUT2D eigenvalue weighted by molar-refractivity contribution is 0.0941. The summed E-state index contributed by atoms with van der Waals surface area (Å²) in [6.07, 6.45) is 6.07. The molecule has 2 heterocycles. The van der Waals surface area contributed by atoms with Crippen molar-refractivity contribution >= 4 is 41.6 Å². The highest BCUT2D eigenvalue weighted by atomic mass is 35.5. The van der Waals surface area contributed by atoms with Crippen LogP contribution in [0, 0.1) is 5.92 Å². The van der Waals surface area contributed by atoms with Crippen molar-refractivity contribution in [2.45, 2.75) is 32.2 Å². The number of hydrogen-bond acceptors (Lipinski definition) is 3. The molecule has 1 saturated carbocycles. The molecule has 0 spiro atoms. The Balaban J connectivity index is 0.00000113. The molecular formula is C19H27Cl2N3O. The average molecular weight is 384 g/mol. The summed E-state index contributed by atoms with van der Waals surface area (Å²) < 4.78 is 1.83. The van der Waals surface area contributed by atoms with Gasteiger partial charge in [-0.2, -0.15) is 0 Å². The summed E-state index contributed by atoms with van der Waals surface area (Å²) in [6, 6.07) is 8.78. The van der Waals surface area contributed by atoms with Crippen LogP contribution in [0.15, 0.2) is 30.5 Å². The van der Waals surface area contributed by atoms with E-state index in [1.807, 2.05) is 10.6 Å². The molecule has 2 aromatic rings. The van der Waals surface area contributed by atoms with Gasteiger partial charge in [-0.1, -0.05) is 31.0 Å². The summed E-state index contributed by atoms with van der Waals surface area (Å²) in [5, 5.41) is 4.69. The van der Waals surface area contributed by atoms with Crippen molar-refractivity contribution in [3.05, 3.63) is 36.0 Å². The molecule has 1 N–H and O–H groups in total. The Kier molecular flexibility index (Phi) is 6.92. The first kappa shape index (κ1) is 20.2. The van der Waals surface area contributed by atoms with E-state index in [9.17, 15) is 4.79 Å². The van der Waals surface area contributed by atoms with E-state index in [-0.39, 0.29) is 30.7 Å². The quantitative estimate of drug-likeness (QED) is 0.869. The summed E-state index contributed by atoms with van der Waals surface area (Å²) in [5.74, 6) is 0.965. The molecular weight excluding hydrogens is 357 g/mol. The first-order valence-electron chi connectivity index (χ1n) is 8.79. The van der Waals surface area contributed by atoms with Crippen molar-refractivity contribution in [2.75, 3.05) is 26.2 Å². The number of hydrogen-bond donors (Lipinski definition) is 1. The Hall–Kier alpha value is -1.07. The fraction of sp³-hybridized carbons (Fsp3) is 0.526. The van der Waals surface area contributed by atoms with Gasteiger partial charge >= 0.3 is 0 Å². The third-order valence-corrected chi connectivity index (χ3v) is 5.29. The van der Waals surface area contributed by atoms with Crippen LogP contribution in [0.25, 0.3) is 10.9 Å². The first-order valence-corrected chi connectivity index (χ1v) is 8.79. The second kappa shape index (κ2) is 8.54. The molecule has 138 valence electrons. The Labute approximate surface area is 161 Å². The zero-order valence-corrected chi connectivity index (χ0v) is 16.2. The highest BCUT2D eigenvalue weighted by Gasteiger charge is 2.32. The van der Waals surface area contributed by atoms with Gasteiger partial charge in [-0.3, -0.25) is 14.3 Å². The molecule has 4 rings (SSSR count). The van der Waals surface area contributed by atoms with Gasteiger partial charge in [-0.15, -0.1) is 24.8 Å². The van der Waals surface area contributed by atoms with Crippen LogP contribution in [0.1, 0.15) is 42.6 Å². The SMILES string of the molecule is CC(=O)n1cc([C@H](CC2CC2)N2CCNCC2)c2ccccc21.Cl.Cl. The average Bonchev–Trinajstić information content (AvgIpc) is 3.32. The Morgan fingerprint density at radius 3 is 2.52 bits per heavy atom. The van der Waals surface area contributed by atoms with E-state index in [2.05, 4.69) is 34.6 Å². The molecule has 1 aromatic carbocycles. The monoisotopic (exact) mass is 383 g/mol. The van der Waals surface area contributed by atoms with E-state index in [4.69, 9.17) is 0 Å². The third-order valence-electron chi connectivity index (χ3n) is 5.29. The largest absolute Gasteiger partial charge is 0.314 e. The Morgan fingerprint density at radius 1 is 1.20 bits per heavy atom. The van der Waals surface area contributed by atoms with Crippen molar-refractivity contribution in [2.24, 2.45) is 5.92 Å².